The maximum Gasteiger partial charge on any atom is 0.249 e. The Hall–Kier alpha value is -3.42. The summed E-state index contributed by atoms with van der Waals surface area (Å²) in [5.41, 5.74) is 2.24. The summed E-state index contributed by atoms with van der Waals surface area (Å²) >= 11 is 0. The molecular formula is C18H13F3N4O. The summed E-state index contributed by atoms with van der Waals surface area (Å²) < 4.78 is 39.2. The van der Waals surface area contributed by atoms with Crippen LogP contribution in [0.1, 0.15) is 11.1 Å². The maximum absolute atomic E-state index is 13.2. The lowest BCUT2D eigenvalue weighted by molar-refractivity contribution is -0.111. The molecule has 0 aliphatic carbocycles. The molecule has 0 radical (unpaired) electrons. The van der Waals surface area contributed by atoms with E-state index in [-0.39, 0.29) is 5.56 Å². The van der Waals surface area contributed by atoms with E-state index < -0.39 is 23.4 Å². The summed E-state index contributed by atoms with van der Waals surface area (Å²) in [5.74, 6) is -4.35. The molecule has 1 aromatic carbocycles. The largest absolute Gasteiger partial charge is 0.307 e. The minimum atomic E-state index is -1.55. The number of hydrogen-bond donors (Lipinski definition) is 2. The average molecular weight is 358 g/mol. The number of aromatic nitrogens is 3. The van der Waals surface area contributed by atoms with Gasteiger partial charge >= 0.3 is 0 Å². The average Bonchev–Trinajstić information content (AvgIpc) is 2.99. The van der Waals surface area contributed by atoms with Gasteiger partial charge in [-0.25, -0.2) is 13.2 Å². The number of amides is 1. The van der Waals surface area contributed by atoms with Crippen molar-refractivity contribution in [2.45, 2.75) is 6.92 Å². The predicted molar refractivity (Wildman–Crippen MR) is 90.5 cm³/mol. The van der Waals surface area contributed by atoms with Gasteiger partial charge in [-0.3, -0.25) is 14.9 Å². The van der Waals surface area contributed by atoms with E-state index in [1.807, 2.05) is 0 Å². The van der Waals surface area contributed by atoms with Crippen molar-refractivity contribution in [1.82, 2.24) is 15.2 Å². The van der Waals surface area contributed by atoms with E-state index in [9.17, 15) is 18.0 Å². The Kier molecular flexibility index (Phi) is 4.83. The number of H-pyrrole nitrogens is 1. The number of benzene rings is 1. The highest BCUT2D eigenvalue weighted by molar-refractivity contribution is 6.02. The van der Waals surface area contributed by atoms with Crippen molar-refractivity contribution >= 4 is 17.8 Å². The molecule has 5 nitrogen and oxygen atoms in total. The molecule has 8 heteroatoms. The van der Waals surface area contributed by atoms with Crippen molar-refractivity contribution in [3.05, 3.63) is 71.3 Å². The normalized spacial score (nSPS) is 11.1. The molecule has 0 bridgehead atoms. The topological polar surface area (TPSA) is 70.7 Å². The molecule has 0 saturated carbocycles. The number of halogens is 3. The Bertz CT molecular complexity index is 960. The fraction of sp³-hybridized carbons (Fsp3) is 0.0556. The van der Waals surface area contributed by atoms with Gasteiger partial charge in [-0.1, -0.05) is 0 Å². The van der Waals surface area contributed by atoms with Crippen molar-refractivity contribution in [1.29, 1.82) is 0 Å². The van der Waals surface area contributed by atoms with E-state index in [1.54, 1.807) is 31.5 Å². The van der Waals surface area contributed by atoms with Gasteiger partial charge in [0.2, 0.25) is 5.91 Å². The smallest absolute Gasteiger partial charge is 0.249 e. The SMILES string of the molecule is Cc1c(-c2ccncc2)n[nH]c1NC(=O)C=Cc1cc(F)c(F)c(F)c1. The number of anilines is 1. The second-order valence-corrected chi connectivity index (χ2v) is 5.43. The second kappa shape index (κ2) is 7.22. The Morgan fingerprint density at radius 1 is 1.15 bits per heavy atom. The third-order valence-corrected chi connectivity index (χ3v) is 3.64. The second-order valence-electron chi connectivity index (χ2n) is 5.43. The van der Waals surface area contributed by atoms with Crippen molar-refractivity contribution in [2.24, 2.45) is 0 Å². The summed E-state index contributed by atoms with van der Waals surface area (Å²) in [5, 5.41) is 9.47. The fourth-order valence-electron chi connectivity index (χ4n) is 2.32. The number of nitrogens with one attached hydrogen (secondary N) is 2. The van der Waals surface area contributed by atoms with Gasteiger partial charge in [-0.2, -0.15) is 5.10 Å². The zero-order chi connectivity index (χ0) is 18.7. The summed E-state index contributed by atoms with van der Waals surface area (Å²) in [7, 11) is 0. The van der Waals surface area contributed by atoms with Gasteiger partial charge in [-0.05, 0) is 42.8 Å². The highest BCUT2D eigenvalue weighted by Gasteiger charge is 2.12. The van der Waals surface area contributed by atoms with Crippen LogP contribution in [0.25, 0.3) is 17.3 Å². The first-order valence-corrected chi connectivity index (χ1v) is 7.54. The third kappa shape index (κ3) is 3.64. The Balaban J connectivity index is 1.74. The Morgan fingerprint density at radius 2 is 1.81 bits per heavy atom. The van der Waals surface area contributed by atoms with Gasteiger partial charge in [0.25, 0.3) is 0 Å². The molecular weight excluding hydrogens is 345 g/mol. The minimum absolute atomic E-state index is 0.0235. The van der Waals surface area contributed by atoms with Gasteiger partial charge in [-0.15, -0.1) is 0 Å². The summed E-state index contributed by atoms with van der Waals surface area (Å²) in [6.07, 6.45) is 5.52. The van der Waals surface area contributed by atoms with Crippen LogP contribution in [0.5, 0.6) is 0 Å². The van der Waals surface area contributed by atoms with Gasteiger partial charge in [0, 0.05) is 29.6 Å². The van der Waals surface area contributed by atoms with Gasteiger partial charge in [0.05, 0.1) is 5.69 Å². The monoisotopic (exact) mass is 358 g/mol. The van der Waals surface area contributed by atoms with Crippen LogP contribution in [0.3, 0.4) is 0 Å². The molecule has 2 aromatic heterocycles. The van der Waals surface area contributed by atoms with Crippen LogP contribution in [-0.4, -0.2) is 21.1 Å². The molecule has 3 aromatic rings. The summed E-state index contributed by atoms with van der Waals surface area (Å²) in [6.45, 7) is 1.78. The number of pyridine rings is 1. The van der Waals surface area contributed by atoms with Crippen LogP contribution >= 0.6 is 0 Å². The zero-order valence-electron chi connectivity index (χ0n) is 13.6. The fourth-order valence-corrected chi connectivity index (χ4v) is 2.32. The van der Waals surface area contributed by atoms with E-state index in [0.29, 0.717) is 11.5 Å². The van der Waals surface area contributed by atoms with Crippen molar-refractivity contribution in [3.8, 4) is 11.3 Å². The van der Waals surface area contributed by atoms with Crippen molar-refractivity contribution in [2.75, 3.05) is 5.32 Å². The molecule has 0 aliphatic rings. The Labute approximate surface area is 146 Å². The van der Waals surface area contributed by atoms with Crippen LogP contribution in [-0.2, 0) is 4.79 Å². The lowest BCUT2D eigenvalue weighted by atomic mass is 10.1. The van der Waals surface area contributed by atoms with Crippen LogP contribution in [0.2, 0.25) is 0 Å². The maximum atomic E-state index is 13.2. The van der Waals surface area contributed by atoms with E-state index in [4.69, 9.17) is 0 Å². The van der Waals surface area contributed by atoms with Crippen LogP contribution in [0, 0.1) is 24.4 Å². The highest BCUT2D eigenvalue weighted by atomic mass is 19.2. The van der Waals surface area contributed by atoms with Crippen molar-refractivity contribution in [3.63, 3.8) is 0 Å². The van der Waals surface area contributed by atoms with E-state index in [2.05, 4.69) is 20.5 Å². The van der Waals surface area contributed by atoms with Crippen LogP contribution < -0.4 is 5.32 Å². The van der Waals surface area contributed by atoms with Crippen LogP contribution in [0.15, 0.2) is 42.7 Å². The number of aromatic amines is 1. The molecule has 1 amide bonds. The Morgan fingerprint density at radius 3 is 2.46 bits per heavy atom. The minimum Gasteiger partial charge on any atom is -0.307 e. The first-order valence-electron chi connectivity index (χ1n) is 7.54. The molecule has 2 N–H and O–H groups in total. The number of carbonyl (C=O) groups is 1. The molecule has 0 aliphatic heterocycles. The number of hydrogen-bond acceptors (Lipinski definition) is 3. The quantitative estimate of drug-likeness (QED) is 0.550. The first-order chi connectivity index (χ1) is 12.5. The van der Waals surface area contributed by atoms with Gasteiger partial charge in [0.1, 0.15) is 5.82 Å². The first kappa shape index (κ1) is 17.4. The lowest BCUT2D eigenvalue weighted by Crippen LogP contribution is -2.09. The molecule has 3 rings (SSSR count). The van der Waals surface area contributed by atoms with E-state index >= 15 is 0 Å². The lowest BCUT2D eigenvalue weighted by Gasteiger charge is -2.02. The van der Waals surface area contributed by atoms with E-state index in [0.717, 1.165) is 29.3 Å². The van der Waals surface area contributed by atoms with Gasteiger partial charge < -0.3 is 5.32 Å². The van der Waals surface area contributed by atoms with Crippen molar-refractivity contribution < 1.29 is 18.0 Å². The molecule has 0 unspecified atom stereocenters. The van der Waals surface area contributed by atoms with Gasteiger partial charge in [0.15, 0.2) is 17.5 Å². The zero-order valence-corrected chi connectivity index (χ0v) is 13.6. The predicted octanol–water partition coefficient (Wildman–Crippen LogP) is 3.85. The molecule has 132 valence electrons. The molecule has 0 atom stereocenters. The molecule has 26 heavy (non-hydrogen) atoms. The molecule has 2 heterocycles. The summed E-state index contributed by atoms with van der Waals surface area (Å²) in [6, 6.07) is 5.16. The van der Waals surface area contributed by atoms with E-state index in [1.165, 1.54) is 6.08 Å². The van der Waals surface area contributed by atoms with Crippen LogP contribution in [0.4, 0.5) is 19.0 Å². The molecule has 0 spiro atoms. The third-order valence-electron chi connectivity index (χ3n) is 3.64. The summed E-state index contributed by atoms with van der Waals surface area (Å²) in [4.78, 5) is 15.9. The highest BCUT2D eigenvalue weighted by Crippen LogP contribution is 2.25. The number of nitrogens with zero attached hydrogens (tertiary/aromatic N) is 2. The standard InChI is InChI=1S/C18H13F3N4O/c1-10-17(12-4-6-22-7-5-12)24-25-18(10)23-15(26)3-2-11-8-13(19)16(21)14(20)9-11/h2-9H,1H3,(H2,23,24,25,26). The molecule has 0 saturated heterocycles. The number of rotatable bonds is 4. The molecule has 0 fully saturated rings. The number of carbonyl (C=O) groups excluding carboxylic acids is 1.